The quantitative estimate of drug-likeness (QED) is 0.840. The van der Waals surface area contributed by atoms with E-state index < -0.39 is 6.10 Å². The molecule has 1 heterocycles. The van der Waals surface area contributed by atoms with E-state index >= 15 is 0 Å². The molecule has 1 aliphatic heterocycles. The summed E-state index contributed by atoms with van der Waals surface area (Å²) in [4.78, 5) is 4.94. The van der Waals surface area contributed by atoms with Gasteiger partial charge in [-0.1, -0.05) is 36.4 Å². The van der Waals surface area contributed by atoms with Gasteiger partial charge in [-0.2, -0.15) is 0 Å². The van der Waals surface area contributed by atoms with E-state index in [1.54, 1.807) is 0 Å². The Morgan fingerprint density at radius 2 is 1.68 bits per heavy atom. The van der Waals surface area contributed by atoms with Gasteiger partial charge in [0.25, 0.3) is 0 Å². The number of hydrogen-bond donors (Lipinski definition) is 1. The smallest absolute Gasteiger partial charge is 0.127 e. The second-order valence-corrected chi connectivity index (χ2v) is 7.49. The largest absolute Gasteiger partial charge is 0.490 e. The lowest BCUT2D eigenvalue weighted by Gasteiger charge is -2.35. The normalized spacial score (nSPS) is 20.7. The number of rotatable bonds is 7. The van der Waals surface area contributed by atoms with Crippen molar-refractivity contribution in [3.05, 3.63) is 42.5 Å². The minimum absolute atomic E-state index is 0.344. The van der Waals surface area contributed by atoms with Crippen LogP contribution in [0.25, 0.3) is 10.8 Å². The number of aliphatic hydroxyl groups excluding tert-OH is 1. The number of fused-ring (bicyclic) bond motifs is 1. The van der Waals surface area contributed by atoms with Crippen LogP contribution in [0.5, 0.6) is 5.75 Å². The van der Waals surface area contributed by atoms with Gasteiger partial charge in [0.15, 0.2) is 0 Å². The SMILES string of the molecule is OC(COc1cccc2ccccc12)CN1CCN(CC2CC2)CC1. The molecule has 1 saturated carbocycles. The molecule has 4 rings (SSSR count). The van der Waals surface area contributed by atoms with Crippen LogP contribution in [0.4, 0.5) is 0 Å². The average Bonchev–Trinajstić information content (AvgIpc) is 3.46. The van der Waals surface area contributed by atoms with Crippen LogP contribution in [0.3, 0.4) is 0 Å². The molecule has 134 valence electrons. The number of piperazine rings is 1. The van der Waals surface area contributed by atoms with Gasteiger partial charge in [-0.3, -0.25) is 4.90 Å². The van der Waals surface area contributed by atoms with Gasteiger partial charge in [-0.15, -0.1) is 0 Å². The molecule has 0 aromatic heterocycles. The summed E-state index contributed by atoms with van der Waals surface area (Å²) in [5.74, 6) is 1.82. The lowest BCUT2D eigenvalue weighted by atomic mass is 10.1. The van der Waals surface area contributed by atoms with E-state index in [4.69, 9.17) is 4.74 Å². The summed E-state index contributed by atoms with van der Waals surface area (Å²) >= 11 is 0. The zero-order valence-electron chi connectivity index (χ0n) is 14.8. The molecule has 0 amide bonds. The van der Waals surface area contributed by atoms with Gasteiger partial charge in [0, 0.05) is 44.7 Å². The number of aliphatic hydroxyl groups is 1. The highest BCUT2D eigenvalue weighted by Crippen LogP contribution is 2.30. The molecule has 1 N–H and O–H groups in total. The summed E-state index contributed by atoms with van der Waals surface area (Å²) < 4.78 is 5.92. The molecule has 0 bridgehead atoms. The molecule has 1 aliphatic carbocycles. The van der Waals surface area contributed by atoms with Crippen LogP contribution in [0, 0.1) is 5.92 Å². The zero-order chi connectivity index (χ0) is 17.1. The summed E-state index contributed by atoms with van der Waals surface area (Å²) in [6, 6.07) is 14.3. The van der Waals surface area contributed by atoms with Gasteiger partial charge in [0.1, 0.15) is 18.5 Å². The van der Waals surface area contributed by atoms with Crippen LogP contribution >= 0.6 is 0 Å². The van der Waals surface area contributed by atoms with E-state index in [9.17, 15) is 5.11 Å². The van der Waals surface area contributed by atoms with Crippen molar-refractivity contribution in [2.45, 2.75) is 18.9 Å². The molecule has 25 heavy (non-hydrogen) atoms. The predicted molar refractivity (Wildman–Crippen MR) is 101 cm³/mol. The number of hydrogen-bond acceptors (Lipinski definition) is 4. The van der Waals surface area contributed by atoms with E-state index in [1.807, 2.05) is 24.3 Å². The minimum atomic E-state index is -0.450. The van der Waals surface area contributed by atoms with E-state index in [2.05, 4.69) is 28.0 Å². The Balaban J connectivity index is 1.24. The molecule has 2 aromatic rings. The molecule has 1 unspecified atom stereocenters. The van der Waals surface area contributed by atoms with Gasteiger partial charge in [0.05, 0.1) is 0 Å². The molecule has 1 saturated heterocycles. The summed E-state index contributed by atoms with van der Waals surface area (Å²) in [7, 11) is 0. The number of ether oxygens (including phenoxy) is 1. The predicted octanol–water partition coefficient (Wildman–Crippen LogP) is 2.61. The Labute approximate surface area is 150 Å². The third-order valence-corrected chi connectivity index (χ3v) is 5.33. The Morgan fingerprint density at radius 3 is 2.48 bits per heavy atom. The summed E-state index contributed by atoms with van der Waals surface area (Å²) in [6.07, 6.45) is 2.39. The Bertz CT molecular complexity index is 688. The van der Waals surface area contributed by atoms with Crippen molar-refractivity contribution >= 4 is 10.8 Å². The van der Waals surface area contributed by atoms with Crippen LogP contribution in [0.15, 0.2) is 42.5 Å². The first-order valence-electron chi connectivity index (χ1n) is 9.51. The van der Waals surface area contributed by atoms with Gasteiger partial charge in [0.2, 0.25) is 0 Å². The molecule has 0 spiro atoms. The number of benzene rings is 2. The van der Waals surface area contributed by atoms with E-state index in [1.165, 1.54) is 24.8 Å². The fraction of sp³-hybridized carbons (Fsp3) is 0.524. The van der Waals surface area contributed by atoms with Crippen molar-refractivity contribution < 1.29 is 9.84 Å². The maximum absolute atomic E-state index is 10.4. The first-order valence-corrected chi connectivity index (χ1v) is 9.51. The van der Waals surface area contributed by atoms with Gasteiger partial charge < -0.3 is 14.7 Å². The van der Waals surface area contributed by atoms with Crippen molar-refractivity contribution in [3.8, 4) is 5.75 Å². The molecule has 2 aliphatic rings. The van der Waals surface area contributed by atoms with Crippen LogP contribution in [-0.4, -0.2) is 66.9 Å². The molecule has 2 aromatic carbocycles. The van der Waals surface area contributed by atoms with Gasteiger partial charge in [-0.05, 0) is 30.2 Å². The van der Waals surface area contributed by atoms with E-state index in [-0.39, 0.29) is 0 Å². The topological polar surface area (TPSA) is 35.9 Å². The van der Waals surface area contributed by atoms with Crippen molar-refractivity contribution in [2.75, 3.05) is 45.9 Å². The van der Waals surface area contributed by atoms with E-state index in [0.717, 1.165) is 43.2 Å². The zero-order valence-corrected chi connectivity index (χ0v) is 14.8. The lowest BCUT2D eigenvalue weighted by molar-refractivity contribution is 0.0456. The second-order valence-electron chi connectivity index (χ2n) is 7.49. The molecule has 4 heteroatoms. The Hall–Kier alpha value is -1.62. The maximum atomic E-state index is 10.4. The standard InChI is InChI=1S/C21H28N2O2/c24-19(15-23-12-10-22(11-13-23)14-17-8-9-17)16-25-21-7-3-5-18-4-1-2-6-20(18)21/h1-7,17,19,24H,8-16H2. The van der Waals surface area contributed by atoms with Crippen LogP contribution < -0.4 is 4.74 Å². The highest BCUT2D eigenvalue weighted by molar-refractivity contribution is 5.88. The van der Waals surface area contributed by atoms with Crippen LogP contribution in [0.2, 0.25) is 0 Å². The summed E-state index contributed by atoms with van der Waals surface area (Å²) in [6.45, 7) is 6.69. The number of β-amino-alcohol motifs (C(OH)–C–C–N with tert-alkyl or cyclic N) is 1. The molecule has 0 radical (unpaired) electrons. The molecule has 2 fully saturated rings. The van der Waals surface area contributed by atoms with Crippen LogP contribution in [-0.2, 0) is 0 Å². The Morgan fingerprint density at radius 1 is 0.960 bits per heavy atom. The van der Waals surface area contributed by atoms with Crippen molar-refractivity contribution in [3.63, 3.8) is 0 Å². The second kappa shape index (κ2) is 7.73. The summed E-state index contributed by atoms with van der Waals surface area (Å²) in [5.41, 5.74) is 0. The van der Waals surface area contributed by atoms with Crippen molar-refractivity contribution in [1.82, 2.24) is 9.80 Å². The maximum Gasteiger partial charge on any atom is 0.127 e. The fourth-order valence-electron chi connectivity index (χ4n) is 3.68. The highest BCUT2D eigenvalue weighted by Gasteiger charge is 2.26. The average molecular weight is 340 g/mol. The monoisotopic (exact) mass is 340 g/mol. The van der Waals surface area contributed by atoms with Crippen LogP contribution in [0.1, 0.15) is 12.8 Å². The summed E-state index contributed by atoms with van der Waals surface area (Å²) in [5, 5.41) is 12.6. The Kier molecular flexibility index (Phi) is 5.20. The number of nitrogens with zero attached hydrogens (tertiary/aromatic N) is 2. The van der Waals surface area contributed by atoms with Crippen molar-refractivity contribution in [1.29, 1.82) is 0 Å². The first-order chi connectivity index (χ1) is 12.3. The molecular formula is C21H28N2O2. The van der Waals surface area contributed by atoms with Gasteiger partial charge in [-0.25, -0.2) is 0 Å². The highest BCUT2D eigenvalue weighted by atomic mass is 16.5. The third-order valence-electron chi connectivity index (χ3n) is 5.33. The lowest BCUT2D eigenvalue weighted by Crippen LogP contribution is -2.49. The molecular weight excluding hydrogens is 312 g/mol. The first kappa shape index (κ1) is 16.8. The molecule has 1 atom stereocenters. The van der Waals surface area contributed by atoms with E-state index in [0.29, 0.717) is 13.2 Å². The van der Waals surface area contributed by atoms with Crippen molar-refractivity contribution in [2.24, 2.45) is 5.92 Å². The minimum Gasteiger partial charge on any atom is -0.490 e. The molecule has 4 nitrogen and oxygen atoms in total. The van der Waals surface area contributed by atoms with Gasteiger partial charge >= 0.3 is 0 Å². The third kappa shape index (κ3) is 4.51. The fourth-order valence-corrected chi connectivity index (χ4v) is 3.68.